The van der Waals surface area contributed by atoms with Crippen molar-refractivity contribution < 1.29 is 14.6 Å². The van der Waals surface area contributed by atoms with Gasteiger partial charge in [-0.2, -0.15) is 0 Å². The van der Waals surface area contributed by atoms with Gasteiger partial charge in [0.25, 0.3) is 0 Å². The van der Waals surface area contributed by atoms with Crippen molar-refractivity contribution in [1.82, 2.24) is 0 Å². The van der Waals surface area contributed by atoms with Gasteiger partial charge in [0.05, 0.1) is 19.3 Å². The molecular weight excluding hydrogens is 408 g/mol. The van der Waals surface area contributed by atoms with Crippen LogP contribution in [0.5, 0.6) is 0 Å². The van der Waals surface area contributed by atoms with E-state index in [-0.39, 0.29) is 22.7 Å². The predicted molar refractivity (Wildman–Crippen MR) is 131 cm³/mol. The highest BCUT2D eigenvalue weighted by Crippen LogP contribution is 2.65. The Balaban J connectivity index is 1.36. The van der Waals surface area contributed by atoms with Gasteiger partial charge < -0.3 is 14.6 Å². The number of fused-ring (bicyclic) bond motifs is 4. The summed E-state index contributed by atoms with van der Waals surface area (Å²) in [4.78, 5) is 0. The lowest BCUT2D eigenvalue weighted by Crippen LogP contribution is -2.52. The average Bonchev–Trinajstić information content (AvgIpc) is 3.10. The van der Waals surface area contributed by atoms with Crippen LogP contribution < -0.4 is 0 Å². The van der Waals surface area contributed by atoms with Crippen molar-refractivity contribution in [2.45, 2.75) is 96.9 Å². The third-order valence-corrected chi connectivity index (χ3v) is 10.3. The standard InChI is InChI=1S/C30H42O3/c1-19-5-7-20(8-6-19)24-16-29(4)25(11-12-26(29)31)23-10-9-21-15-30(14-13-22(21)27(23)24)32-17-28(2,3)18-33-30/h5-8,23-27,31H,9-18H2,1-4H3/t23-,24+,25-,26-,27+,29-/m0/s1. The SMILES string of the molecule is Cc1ccc([C@H]2C[C@]3(C)[C@@H](O)CC[C@H]3[C@@H]3CCC4=C(CCC5(C4)OCC(C)(C)CO5)[C@H]32)cc1. The molecule has 0 bridgehead atoms. The molecule has 6 atom stereocenters. The molecule has 1 aromatic carbocycles. The van der Waals surface area contributed by atoms with Crippen molar-refractivity contribution >= 4 is 0 Å². The highest BCUT2D eigenvalue weighted by atomic mass is 16.7. The maximum Gasteiger partial charge on any atom is 0.172 e. The van der Waals surface area contributed by atoms with Crippen LogP contribution >= 0.6 is 0 Å². The molecule has 0 unspecified atom stereocenters. The Labute approximate surface area is 199 Å². The van der Waals surface area contributed by atoms with E-state index in [4.69, 9.17) is 9.47 Å². The zero-order chi connectivity index (χ0) is 23.0. The van der Waals surface area contributed by atoms with Gasteiger partial charge in [-0.05, 0) is 80.1 Å². The number of hydrogen-bond acceptors (Lipinski definition) is 3. The average molecular weight is 451 g/mol. The second-order valence-corrected chi connectivity index (χ2v) is 13.1. The van der Waals surface area contributed by atoms with Crippen LogP contribution in [0.25, 0.3) is 0 Å². The fraction of sp³-hybridized carbons (Fsp3) is 0.733. The lowest BCUT2D eigenvalue weighted by atomic mass is 9.49. The van der Waals surface area contributed by atoms with Gasteiger partial charge in [0.15, 0.2) is 5.79 Å². The van der Waals surface area contributed by atoms with E-state index in [2.05, 4.69) is 52.0 Å². The summed E-state index contributed by atoms with van der Waals surface area (Å²) in [6.07, 6.45) is 8.69. The number of allylic oxidation sites excluding steroid dienone is 1. The van der Waals surface area contributed by atoms with Crippen LogP contribution in [-0.2, 0) is 9.47 Å². The van der Waals surface area contributed by atoms with Gasteiger partial charge in [-0.3, -0.25) is 0 Å². The summed E-state index contributed by atoms with van der Waals surface area (Å²) in [5, 5.41) is 11.1. The predicted octanol–water partition coefficient (Wildman–Crippen LogP) is 6.54. The van der Waals surface area contributed by atoms with Crippen LogP contribution in [0.15, 0.2) is 35.4 Å². The van der Waals surface area contributed by atoms with Crippen LogP contribution in [0.4, 0.5) is 0 Å². The summed E-state index contributed by atoms with van der Waals surface area (Å²) in [5.74, 6) is 2.11. The first-order valence-corrected chi connectivity index (χ1v) is 13.4. The first kappa shape index (κ1) is 22.3. The van der Waals surface area contributed by atoms with Gasteiger partial charge in [-0.25, -0.2) is 0 Å². The third-order valence-electron chi connectivity index (χ3n) is 10.3. The Morgan fingerprint density at radius 3 is 2.39 bits per heavy atom. The molecule has 3 nitrogen and oxygen atoms in total. The third kappa shape index (κ3) is 3.56. The molecule has 4 aliphatic carbocycles. The van der Waals surface area contributed by atoms with E-state index in [0.717, 1.165) is 45.3 Å². The molecule has 5 aliphatic rings. The molecule has 33 heavy (non-hydrogen) atoms. The minimum Gasteiger partial charge on any atom is -0.393 e. The minimum absolute atomic E-state index is 0.0614. The number of aliphatic hydroxyl groups excluding tert-OH is 1. The molecule has 180 valence electrons. The summed E-state index contributed by atoms with van der Waals surface area (Å²) in [7, 11) is 0. The number of rotatable bonds is 1. The van der Waals surface area contributed by atoms with Gasteiger partial charge in [0.2, 0.25) is 0 Å². The maximum absolute atomic E-state index is 11.1. The molecule has 1 aliphatic heterocycles. The first-order chi connectivity index (χ1) is 15.7. The minimum atomic E-state index is -0.382. The van der Waals surface area contributed by atoms with Gasteiger partial charge in [0.1, 0.15) is 0 Å². The van der Waals surface area contributed by atoms with Crippen LogP contribution in [0, 0.1) is 35.5 Å². The monoisotopic (exact) mass is 450 g/mol. The molecule has 3 heteroatoms. The van der Waals surface area contributed by atoms with Crippen molar-refractivity contribution in [1.29, 1.82) is 0 Å². The Morgan fingerprint density at radius 1 is 0.939 bits per heavy atom. The topological polar surface area (TPSA) is 38.7 Å². The molecule has 2 saturated carbocycles. The zero-order valence-corrected chi connectivity index (χ0v) is 21.0. The van der Waals surface area contributed by atoms with E-state index in [0.29, 0.717) is 23.7 Å². The number of hydrogen-bond donors (Lipinski definition) is 1. The first-order valence-electron chi connectivity index (χ1n) is 13.4. The zero-order valence-electron chi connectivity index (χ0n) is 21.0. The number of aryl methyl sites for hydroxylation is 1. The van der Waals surface area contributed by atoms with Crippen molar-refractivity contribution in [2.24, 2.45) is 28.6 Å². The van der Waals surface area contributed by atoms with Gasteiger partial charge in [-0.1, -0.05) is 61.7 Å². The molecule has 1 N–H and O–H groups in total. The van der Waals surface area contributed by atoms with E-state index in [1.807, 2.05) is 0 Å². The molecule has 1 saturated heterocycles. The molecule has 1 aromatic rings. The van der Waals surface area contributed by atoms with Crippen molar-refractivity contribution in [3.05, 3.63) is 46.5 Å². The fourth-order valence-electron chi connectivity index (χ4n) is 8.41. The van der Waals surface area contributed by atoms with E-state index in [9.17, 15) is 5.11 Å². The van der Waals surface area contributed by atoms with Crippen LogP contribution in [0.1, 0.15) is 89.2 Å². The molecule has 1 spiro atoms. The Bertz CT molecular complexity index is 934. The quantitative estimate of drug-likeness (QED) is 0.494. The second-order valence-electron chi connectivity index (χ2n) is 13.1. The van der Waals surface area contributed by atoms with Crippen LogP contribution in [0.2, 0.25) is 0 Å². The fourth-order valence-corrected chi connectivity index (χ4v) is 8.41. The molecule has 0 amide bonds. The van der Waals surface area contributed by atoms with Crippen LogP contribution in [-0.4, -0.2) is 30.2 Å². The Morgan fingerprint density at radius 2 is 1.67 bits per heavy atom. The lowest BCUT2D eigenvalue weighted by molar-refractivity contribution is -0.303. The summed E-state index contributed by atoms with van der Waals surface area (Å²) < 4.78 is 12.9. The number of benzene rings is 1. The summed E-state index contributed by atoms with van der Waals surface area (Å²) in [5.41, 5.74) is 6.37. The molecule has 1 heterocycles. The van der Waals surface area contributed by atoms with E-state index < -0.39 is 0 Å². The molecule has 6 rings (SSSR count). The second kappa shape index (κ2) is 7.67. The summed E-state index contributed by atoms with van der Waals surface area (Å²) in [6, 6.07) is 9.31. The smallest absolute Gasteiger partial charge is 0.172 e. The maximum atomic E-state index is 11.1. The van der Waals surface area contributed by atoms with Crippen LogP contribution in [0.3, 0.4) is 0 Å². The highest BCUT2D eigenvalue weighted by molar-refractivity contribution is 5.35. The van der Waals surface area contributed by atoms with E-state index >= 15 is 0 Å². The largest absolute Gasteiger partial charge is 0.393 e. The summed E-state index contributed by atoms with van der Waals surface area (Å²) >= 11 is 0. The van der Waals surface area contributed by atoms with Gasteiger partial charge in [0, 0.05) is 18.3 Å². The molecule has 0 radical (unpaired) electrons. The lowest BCUT2D eigenvalue weighted by Gasteiger charge is -2.56. The Hall–Kier alpha value is -1.16. The number of ether oxygens (including phenoxy) is 2. The van der Waals surface area contributed by atoms with Gasteiger partial charge in [-0.15, -0.1) is 0 Å². The normalized spacial score (nSPS) is 41.4. The van der Waals surface area contributed by atoms with Crippen molar-refractivity contribution in [3.8, 4) is 0 Å². The summed E-state index contributed by atoms with van der Waals surface area (Å²) in [6.45, 7) is 10.6. The number of aliphatic hydroxyl groups is 1. The van der Waals surface area contributed by atoms with Gasteiger partial charge >= 0.3 is 0 Å². The van der Waals surface area contributed by atoms with E-state index in [1.54, 1.807) is 11.1 Å². The molecule has 0 aromatic heterocycles. The van der Waals surface area contributed by atoms with Crippen molar-refractivity contribution in [2.75, 3.05) is 13.2 Å². The van der Waals surface area contributed by atoms with Crippen molar-refractivity contribution in [3.63, 3.8) is 0 Å². The highest BCUT2D eigenvalue weighted by Gasteiger charge is 2.59. The molecule has 3 fully saturated rings. The Kier molecular flexibility index (Phi) is 5.19. The van der Waals surface area contributed by atoms with E-state index in [1.165, 1.54) is 30.4 Å². The molecular formula is C30H42O3.